The van der Waals surface area contributed by atoms with Gasteiger partial charge >= 0.3 is 0 Å². The van der Waals surface area contributed by atoms with Crippen LogP contribution >= 0.6 is 0 Å². The molecule has 4 aromatic rings. The minimum absolute atomic E-state index is 0.0271. The molecule has 166 valence electrons. The van der Waals surface area contributed by atoms with E-state index in [1.807, 2.05) is 26.0 Å². The quantitative estimate of drug-likeness (QED) is 0.397. The zero-order valence-corrected chi connectivity index (χ0v) is 18.3. The van der Waals surface area contributed by atoms with Crippen LogP contribution in [0.2, 0.25) is 0 Å². The third kappa shape index (κ3) is 4.92. The fourth-order valence-electron chi connectivity index (χ4n) is 3.70. The normalized spacial score (nSPS) is 10.9. The second-order valence-corrected chi connectivity index (χ2v) is 7.81. The SMILES string of the molecule is Cc1cc(-c2nc(C(=O)CCc3ccccc3F)c(N)nc2-c2ccc(F)cc2)cc(C)n1. The van der Waals surface area contributed by atoms with Crippen molar-refractivity contribution in [2.45, 2.75) is 26.7 Å². The Balaban J connectivity index is 1.78. The standard InChI is InChI=1S/C26H22F2N4O/c1-15-13-19(14-16(2)30-15)24-23(18-7-10-20(27)11-8-18)32-26(29)25(31-24)22(33)12-9-17-5-3-4-6-21(17)28/h3-8,10-11,13-14H,9,12H2,1-2H3,(H2,29,32). The van der Waals surface area contributed by atoms with Gasteiger partial charge in [-0.1, -0.05) is 18.2 Å². The molecule has 0 unspecified atom stereocenters. The highest BCUT2D eigenvalue weighted by Gasteiger charge is 2.20. The van der Waals surface area contributed by atoms with E-state index >= 15 is 0 Å². The summed E-state index contributed by atoms with van der Waals surface area (Å²) in [6, 6.07) is 15.8. The van der Waals surface area contributed by atoms with Gasteiger partial charge in [0.25, 0.3) is 0 Å². The second kappa shape index (κ2) is 9.24. The molecule has 0 saturated heterocycles. The van der Waals surface area contributed by atoms with Crippen molar-refractivity contribution in [3.8, 4) is 22.5 Å². The van der Waals surface area contributed by atoms with E-state index in [4.69, 9.17) is 5.73 Å². The highest BCUT2D eigenvalue weighted by Crippen LogP contribution is 2.32. The van der Waals surface area contributed by atoms with Crippen molar-refractivity contribution >= 4 is 11.6 Å². The van der Waals surface area contributed by atoms with E-state index in [2.05, 4.69) is 15.0 Å². The average molecular weight is 444 g/mol. The first-order valence-electron chi connectivity index (χ1n) is 10.5. The predicted octanol–water partition coefficient (Wildman–Crippen LogP) is 5.50. The number of carbonyl (C=O) groups is 1. The Kier molecular flexibility index (Phi) is 6.22. The Labute approximate surface area is 190 Å². The molecule has 0 bridgehead atoms. The molecule has 7 heteroatoms. The van der Waals surface area contributed by atoms with E-state index in [1.165, 1.54) is 18.2 Å². The Morgan fingerprint density at radius 3 is 2.15 bits per heavy atom. The third-order valence-electron chi connectivity index (χ3n) is 5.24. The summed E-state index contributed by atoms with van der Waals surface area (Å²) in [7, 11) is 0. The second-order valence-electron chi connectivity index (χ2n) is 7.81. The molecule has 33 heavy (non-hydrogen) atoms. The number of anilines is 1. The molecule has 0 amide bonds. The first-order chi connectivity index (χ1) is 15.8. The molecule has 0 fully saturated rings. The van der Waals surface area contributed by atoms with Gasteiger partial charge in [0.15, 0.2) is 11.6 Å². The van der Waals surface area contributed by atoms with Crippen LogP contribution in [0.15, 0.2) is 60.7 Å². The molecule has 0 aliphatic rings. The molecule has 4 rings (SSSR count). The average Bonchev–Trinajstić information content (AvgIpc) is 2.78. The molecule has 5 nitrogen and oxygen atoms in total. The molecule has 0 aliphatic heterocycles. The van der Waals surface area contributed by atoms with Crippen LogP contribution in [0.25, 0.3) is 22.5 Å². The van der Waals surface area contributed by atoms with Crippen LogP contribution in [0, 0.1) is 25.5 Å². The molecular formula is C26H22F2N4O. The van der Waals surface area contributed by atoms with E-state index in [0.29, 0.717) is 22.5 Å². The molecule has 2 aromatic heterocycles. The van der Waals surface area contributed by atoms with Gasteiger partial charge in [-0.15, -0.1) is 0 Å². The van der Waals surface area contributed by atoms with E-state index < -0.39 is 0 Å². The zero-order valence-electron chi connectivity index (χ0n) is 18.3. The van der Waals surface area contributed by atoms with E-state index in [1.54, 1.807) is 30.3 Å². The monoisotopic (exact) mass is 444 g/mol. The molecular weight excluding hydrogens is 422 g/mol. The number of aryl methyl sites for hydroxylation is 3. The van der Waals surface area contributed by atoms with Gasteiger partial charge in [-0.05, 0) is 68.3 Å². The zero-order chi connectivity index (χ0) is 23.5. The van der Waals surface area contributed by atoms with Gasteiger partial charge in [0.05, 0.1) is 11.4 Å². The summed E-state index contributed by atoms with van der Waals surface area (Å²) >= 11 is 0. The first-order valence-corrected chi connectivity index (χ1v) is 10.5. The minimum Gasteiger partial charge on any atom is -0.382 e. The van der Waals surface area contributed by atoms with Crippen molar-refractivity contribution in [2.75, 3.05) is 5.73 Å². The first kappa shape index (κ1) is 22.2. The summed E-state index contributed by atoms with van der Waals surface area (Å²) < 4.78 is 27.4. The summed E-state index contributed by atoms with van der Waals surface area (Å²) in [5, 5.41) is 0. The van der Waals surface area contributed by atoms with Gasteiger partial charge in [-0.2, -0.15) is 0 Å². The summed E-state index contributed by atoms with van der Waals surface area (Å²) in [4.78, 5) is 26.5. The smallest absolute Gasteiger partial charge is 0.185 e. The number of benzene rings is 2. The lowest BCUT2D eigenvalue weighted by Crippen LogP contribution is -2.12. The van der Waals surface area contributed by atoms with Crippen molar-refractivity contribution in [1.82, 2.24) is 15.0 Å². The fourth-order valence-corrected chi connectivity index (χ4v) is 3.70. The molecule has 0 atom stereocenters. The molecule has 0 spiro atoms. The van der Waals surface area contributed by atoms with Crippen molar-refractivity contribution in [3.05, 3.63) is 94.9 Å². The van der Waals surface area contributed by atoms with Crippen LogP contribution in [-0.4, -0.2) is 20.7 Å². The number of hydrogen-bond donors (Lipinski definition) is 1. The van der Waals surface area contributed by atoms with Crippen LogP contribution < -0.4 is 5.73 Å². The fraction of sp³-hybridized carbons (Fsp3) is 0.154. The minimum atomic E-state index is -0.378. The van der Waals surface area contributed by atoms with E-state index in [-0.39, 0.29) is 41.8 Å². The topological polar surface area (TPSA) is 81.8 Å². The van der Waals surface area contributed by atoms with E-state index in [0.717, 1.165) is 17.0 Å². The van der Waals surface area contributed by atoms with Crippen molar-refractivity contribution < 1.29 is 13.6 Å². The van der Waals surface area contributed by atoms with Crippen molar-refractivity contribution in [2.24, 2.45) is 0 Å². The van der Waals surface area contributed by atoms with Gasteiger partial charge in [0.1, 0.15) is 17.3 Å². The highest BCUT2D eigenvalue weighted by molar-refractivity contribution is 5.99. The Morgan fingerprint density at radius 1 is 0.848 bits per heavy atom. The maximum Gasteiger partial charge on any atom is 0.185 e. The lowest BCUT2D eigenvalue weighted by Gasteiger charge is -2.14. The number of nitrogen functional groups attached to an aromatic ring is 1. The van der Waals surface area contributed by atoms with Crippen molar-refractivity contribution in [1.29, 1.82) is 0 Å². The van der Waals surface area contributed by atoms with Crippen LogP contribution in [0.4, 0.5) is 14.6 Å². The molecule has 0 aliphatic carbocycles. The number of pyridine rings is 1. The van der Waals surface area contributed by atoms with Crippen LogP contribution in [0.1, 0.15) is 33.9 Å². The van der Waals surface area contributed by atoms with E-state index in [9.17, 15) is 13.6 Å². The summed E-state index contributed by atoms with van der Waals surface area (Å²) in [6.07, 6.45) is 0.249. The summed E-state index contributed by atoms with van der Waals surface area (Å²) in [5.74, 6) is -1.10. The third-order valence-corrected chi connectivity index (χ3v) is 5.24. The summed E-state index contributed by atoms with van der Waals surface area (Å²) in [6.45, 7) is 3.72. The molecule has 2 aromatic carbocycles. The predicted molar refractivity (Wildman–Crippen MR) is 124 cm³/mol. The van der Waals surface area contributed by atoms with Crippen LogP contribution in [0.3, 0.4) is 0 Å². The maximum atomic E-state index is 14.0. The molecule has 2 heterocycles. The van der Waals surface area contributed by atoms with Crippen molar-refractivity contribution in [3.63, 3.8) is 0 Å². The van der Waals surface area contributed by atoms with Crippen LogP contribution in [0.5, 0.6) is 0 Å². The number of nitrogens with two attached hydrogens (primary N) is 1. The van der Waals surface area contributed by atoms with Crippen LogP contribution in [-0.2, 0) is 6.42 Å². The lowest BCUT2D eigenvalue weighted by molar-refractivity contribution is 0.0978. The number of rotatable bonds is 6. The summed E-state index contributed by atoms with van der Waals surface area (Å²) in [5.41, 5.74) is 10.4. The Hall–Kier alpha value is -4.00. The van der Waals surface area contributed by atoms with Gasteiger partial charge in [-0.25, -0.2) is 18.7 Å². The highest BCUT2D eigenvalue weighted by atomic mass is 19.1. The number of nitrogens with zero attached hydrogens (tertiary/aromatic N) is 3. The number of halogens is 2. The van der Waals surface area contributed by atoms with Gasteiger partial charge in [0.2, 0.25) is 0 Å². The molecule has 0 saturated carbocycles. The number of carbonyl (C=O) groups excluding carboxylic acids is 1. The lowest BCUT2D eigenvalue weighted by atomic mass is 10.0. The van der Waals surface area contributed by atoms with Gasteiger partial charge in [0, 0.05) is 28.9 Å². The Bertz CT molecular complexity index is 1320. The Morgan fingerprint density at radius 2 is 1.48 bits per heavy atom. The van der Waals surface area contributed by atoms with Gasteiger partial charge < -0.3 is 5.73 Å². The number of Topliss-reactive ketones (excluding diaryl/α,β-unsaturated/α-hetero) is 1. The number of aromatic nitrogens is 3. The van der Waals surface area contributed by atoms with Gasteiger partial charge in [-0.3, -0.25) is 9.78 Å². The number of ketones is 1. The molecule has 2 N–H and O–H groups in total. The molecule has 0 radical (unpaired) electrons. The maximum absolute atomic E-state index is 14.0. The number of hydrogen-bond acceptors (Lipinski definition) is 5. The largest absolute Gasteiger partial charge is 0.382 e.